The van der Waals surface area contributed by atoms with Gasteiger partial charge in [-0.2, -0.15) is 0 Å². The Morgan fingerprint density at radius 1 is 0.921 bits per heavy atom. The van der Waals surface area contributed by atoms with E-state index in [1.54, 1.807) is 29.7 Å². The lowest BCUT2D eigenvalue weighted by Gasteiger charge is -2.34. The molecule has 0 N–H and O–H groups in total. The van der Waals surface area contributed by atoms with E-state index in [-0.39, 0.29) is 11.6 Å². The van der Waals surface area contributed by atoms with Crippen molar-refractivity contribution in [2.75, 3.05) is 32.7 Å². The fourth-order valence-corrected chi connectivity index (χ4v) is 4.96. The Kier molecular flexibility index (Phi) is 7.72. The van der Waals surface area contributed by atoms with Crippen LogP contribution in [0, 0.1) is 18.6 Å². The molecule has 0 radical (unpaired) electrons. The van der Waals surface area contributed by atoms with Crippen LogP contribution in [-0.2, 0) is 0 Å². The lowest BCUT2D eigenvalue weighted by Crippen LogP contribution is -2.48. The molecule has 4 nitrogen and oxygen atoms in total. The van der Waals surface area contributed by atoms with Crippen LogP contribution in [0.1, 0.15) is 21.6 Å². The Bertz CT molecular complexity index is 1460. The Morgan fingerprint density at radius 2 is 1.63 bits per heavy atom. The van der Waals surface area contributed by atoms with Gasteiger partial charge in [0.25, 0.3) is 5.91 Å². The summed E-state index contributed by atoms with van der Waals surface area (Å²) in [6.45, 7) is 5.34. The van der Waals surface area contributed by atoms with Crippen molar-refractivity contribution in [1.29, 1.82) is 0 Å². The van der Waals surface area contributed by atoms with Crippen LogP contribution in [0.4, 0.5) is 8.78 Å². The zero-order valence-electron chi connectivity index (χ0n) is 21.1. The number of piperazine rings is 1. The third kappa shape index (κ3) is 5.57. The number of aromatic nitrogens is 1. The first-order valence-corrected chi connectivity index (χ1v) is 13.0. The molecule has 0 spiro atoms. The number of benzene rings is 3. The average molecular weight is 532 g/mol. The summed E-state index contributed by atoms with van der Waals surface area (Å²) >= 11 is 6.08. The van der Waals surface area contributed by atoms with E-state index in [1.807, 2.05) is 35.2 Å². The number of carbonyl (C=O) groups is 1. The molecule has 1 aliphatic heterocycles. The van der Waals surface area contributed by atoms with E-state index >= 15 is 0 Å². The highest BCUT2D eigenvalue weighted by molar-refractivity contribution is 6.30. The molecular formula is C31H28ClF2N3O. The van der Waals surface area contributed by atoms with Gasteiger partial charge >= 0.3 is 0 Å². The normalized spacial score (nSPS) is 14.4. The molecule has 3 aromatic carbocycles. The molecule has 1 amide bonds. The van der Waals surface area contributed by atoms with Crippen molar-refractivity contribution in [2.24, 2.45) is 0 Å². The first-order valence-electron chi connectivity index (χ1n) is 12.6. The summed E-state index contributed by atoms with van der Waals surface area (Å²) in [5.41, 5.74) is 3.85. The van der Waals surface area contributed by atoms with Gasteiger partial charge in [-0.3, -0.25) is 9.69 Å². The number of amides is 1. The van der Waals surface area contributed by atoms with Crippen LogP contribution in [0.25, 0.3) is 23.0 Å². The van der Waals surface area contributed by atoms with E-state index in [1.165, 1.54) is 12.1 Å². The molecule has 4 aromatic rings. The van der Waals surface area contributed by atoms with Gasteiger partial charge in [-0.1, -0.05) is 66.2 Å². The fourth-order valence-electron chi connectivity index (χ4n) is 4.84. The summed E-state index contributed by atoms with van der Waals surface area (Å²) in [6, 6.07) is 22.6. The van der Waals surface area contributed by atoms with Crippen LogP contribution in [0.3, 0.4) is 0 Å². The van der Waals surface area contributed by atoms with Crippen molar-refractivity contribution in [3.05, 3.63) is 118 Å². The van der Waals surface area contributed by atoms with Crippen LogP contribution < -0.4 is 0 Å². The molecule has 38 heavy (non-hydrogen) atoms. The van der Waals surface area contributed by atoms with E-state index in [0.717, 1.165) is 36.8 Å². The van der Waals surface area contributed by atoms with Gasteiger partial charge in [-0.15, -0.1) is 0 Å². The second-order valence-electron chi connectivity index (χ2n) is 9.37. The van der Waals surface area contributed by atoms with Gasteiger partial charge in [-0.05, 0) is 48.4 Å². The monoisotopic (exact) mass is 531 g/mol. The van der Waals surface area contributed by atoms with Crippen LogP contribution >= 0.6 is 11.6 Å². The van der Waals surface area contributed by atoms with E-state index < -0.39 is 11.6 Å². The molecule has 194 valence electrons. The van der Waals surface area contributed by atoms with Crippen LogP contribution in [0.2, 0.25) is 5.02 Å². The molecule has 1 aromatic heterocycles. The van der Waals surface area contributed by atoms with Crippen molar-refractivity contribution in [2.45, 2.75) is 6.92 Å². The molecule has 0 unspecified atom stereocenters. The maximum atomic E-state index is 14.9. The topological polar surface area (TPSA) is 28.5 Å². The van der Waals surface area contributed by atoms with Gasteiger partial charge in [0, 0.05) is 49.5 Å². The molecule has 0 atom stereocenters. The first-order chi connectivity index (χ1) is 18.4. The quantitative estimate of drug-likeness (QED) is 0.272. The molecule has 1 aliphatic rings. The minimum Gasteiger partial charge on any atom is -0.336 e. The van der Waals surface area contributed by atoms with Gasteiger partial charge in [-0.25, -0.2) is 8.78 Å². The number of carbonyl (C=O) groups excluding carboxylic acids is 1. The maximum absolute atomic E-state index is 14.9. The Labute approximate surface area is 226 Å². The molecule has 0 saturated carbocycles. The molecule has 0 aliphatic carbocycles. The summed E-state index contributed by atoms with van der Waals surface area (Å²) in [5, 5.41) is 0.573. The van der Waals surface area contributed by atoms with E-state index in [2.05, 4.69) is 29.2 Å². The number of hydrogen-bond acceptors (Lipinski definition) is 2. The summed E-state index contributed by atoms with van der Waals surface area (Å²) < 4.78 is 30.3. The zero-order valence-corrected chi connectivity index (χ0v) is 21.8. The number of halogens is 3. The minimum atomic E-state index is -0.699. The second-order valence-corrected chi connectivity index (χ2v) is 9.81. The van der Waals surface area contributed by atoms with Crippen molar-refractivity contribution in [3.8, 4) is 16.9 Å². The summed E-state index contributed by atoms with van der Waals surface area (Å²) in [5.74, 6) is -1.45. The smallest absolute Gasteiger partial charge is 0.255 e. The number of nitrogens with zero attached hydrogens (tertiary/aromatic N) is 3. The molecule has 7 heteroatoms. The van der Waals surface area contributed by atoms with Crippen molar-refractivity contribution >= 4 is 23.6 Å². The zero-order chi connectivity index (χ0) is 26.6. The Morgan fingerprint density at radius 3 is 2.32 bits per heavy atom. The summed E-state index contributed by atoms with van der Waals surface area (Å²) in [6.07, 6.45) is 4.25. The highest BCUT2D eigenvalue weighted by Crippen LogP contribution is 2.32. The SMILES string of the molecule is Cc1c(C(=O)N2CCN(C/C=C/c3ccccc3)CC2)cc(-c2ccc(Cl)cc2)n1-c1ccc(F)cc1F. The molecule has 2 heterocycles. The molecule has 5 rings (SSSR count). The predicted octanol–water partition coefficient (Wildman–Crippen LogP) is 6.86. The van der Waals surface area contributed by atoms with E-state index in [0.29, 0.717) is 35.1 Å². The van der Waals surface area contributed by atoms with Gasteiger partial charge in [0.2, 0.25) is 0 Å². The number of rotatable bonds is 6. The Hall–Kier alpha value is -3.74. The second kappa shape index (κ2) is 11.3. The highest BCUT2D eigenvalue weighted by Gasteiger charge is 2.27. The first kappa shape index (κ1) is 25.9. The van der Waals surface area contributed by atoms with E-state index in [4.69, 9.17) is 11.6 Å². The van der Waals surface area contributed by atoms with E-state index in [9.17, 15) is 13.6 Å². The van der Waals surface area contributed by atoms with Crippen LogP contribution in [0.15, 0.2) is 84.9 Å². The maximum Gasteiger partial charge on any atom is 0.255 e. The van der Waals surface area contributed by atoms with Gasteiger partial charge in [0.15, 0.2) is 0 Å². The fraction of sp³-hybridized carbons (Fsp3) is 0.194. The molecule has 1 saturated heterocycles. The average Bonchev–Trinajstić information content (AvgIpc) is 3.26. The third-order valence-electron chi connectivity index (χ3n) is 6.90. The third-order valence-corrected chi connectivity index (χ3v) is 7.15. The predicted molar refractivity (Wildman–Crippen MR) is 149 cm³/mol. The lowest BCUT2D eigenvalue weighted by atomic mass is 10.1. The van der Waals surface area contributed by atoms with Gasteiger partial charge in [0.05, 0.1) is 16.9 Å². The molecule has 1 fully saturated rings. The highest BCUT2D eigenvalue weighted by atomic mass is 35.5. The summed E-state index contributed by atoms with van der Waals surface area (Å²) in [7, 11) is 0. The largest absolute Gasteiger partial charge is 0.336 e. The van der Waals surface area contributed by atoms with Crippen molar-refractivity contribution in [3.63, 3.8) is 0 Å². The van der Waals surface area contributed by atoms with Gasteiger partial charge in [0.1, 0.15) is 11.6 Å². The van der Waals surface area contributed by atoms with Crippen molar-refractivity contribution < 1.29 is 13.6 Å². The molecular weight excluding hydrogens is 504 g/mol. The van der Waals surface area contributed by atoms with Gasteiger partial charge < -0.3 is 9.47 Å². The van der Waals surface area contributed by atoms with Crippen LogP contribution in [-0.4, -0.2) is 53.0 Å². The van der Waals surface area contributed by atoms with Crippen molar-refractivity contribution in [1.82, 2.24) is 14.4 Å². The minimum absolute atomic E-state index is 0.0986. The lowest BCUT2D eigenvalue weighted by molar-refractivity contribution is 0.0649. The standard InChI is InChI=1S/C31H28ClF2N3O/c1-22-27(31(38)36-18-16-35(17-19-36)15-5-8-23-6-3-2-4-7-23)21-30(24-9-11-25(32)12-10-24)37(22)29-14-13-26(33)20-28(29)34/h2-14,20-21H,15-19H2,1H3/b8-5+. The van der Waals surface area contributed by atoms with Crippen LogP contribution in [0.5, 0.6) is 0 Å². The number of hydrogen-bond donors (Lipinski definition) is 0. The Balaban J connectivity index is 1.37. The summed E-state index contributed by atoms with van der Waals surface area (Å²) in [4.78, 5) is 17.8. The molecule has 0 bridgehead atoms.